The smallest absolute Gasteiger partial charge is 0.159 e. The van der Waals surface area contributed by atoms with Gasteiger partial charge in [0.1, 0.15) is 0 Å². The minimum Gasteiger partial charge on any atom is -0.327 e. The third-order valence-electron chi connectivity index (χ3n) is 0.919. The second-order valence-corrected chi connectivity index (χ2v) is 3.80. The van der Waals surface area contributed by atoms with Crippen LogP contribution in [0, 0.1) is 0 Å². The van der Waals surface area contributed by atoms with Crippen molar-refractivity contribution in [1.29, 1.82) is 0 Å². The topological polar surface area (TPSA) is 38.9 Å². The molecule has 0 bridgehead atoms. The van der Waals surface area contributed by atoms with Gasteiger partial charge in [0.25, 0.3) is 0 Å². The Balaban J connectivity index is 2.67. The number of halogens is 1. The molecule has 0 saturated carbocycles. The molecular weight excluding hydrogens is 212 g/mol. The predicted molar refractivity (Wildman–Crippen MR) is 47.9 cm³/mol. The van der Waals surface area contributed by atoms with Gasteiger partial charge in [0.05, 0.1) is 5.69 Å². The molecule has 0 aliphatic rings. The van der Waals surface area contributed by atoms with E-state index in [1.165, 1.54) is 0 Å². The van der Waals surface area contributed by atoms with Crippen LogP contribution in [0.4, 0.5) is 0 Å². The second kappa shape index (κ2) is 3.85. The van der Waals surface area contributed by atoms with Crippen molar-refractivity contribution in [2.24, 2.45) is 5.73 Å². The van der Waals surface area contributed by atoms with Gasteiger partial charge in [-0.3, -0.25) is 0 Å². The number of thiazole rings is 1. The molecule has 1 rings (SSSR count). The Morgan fingerprint density at radius 3 is 3.10 bits per heavy atom. The molecule has 0 saturated heterocycles. The Kier molecular flexibility index (Phi) is 3.05. The highest BCUT2D eigenvalue weighted by molar-refractivity contribution is 9.11. The summed E-state index contributed by atoms with van der Waals surface area (Å²) in [6.07, 6.45) is 3.78. The maximum Gasteiger partial charge on any atom is 0.159 e. The summed E-state index contributed by atoms with van der Waals surface area (Å²) in [5.41, 5.74) is 6.22. The van der Waals surface area contributed by atoms with E-state index in [9.17, 15) is 0 Å². The molecule has 2 N–H and O–H groups in total. The van der Waals surface area contributed by atoms with Gasteiger partial charge in [-0.1, -0.05) is 6.08 Å². The Morgan fingerprint density at radius 1 is 1.80 bits per heavy atom. The highest BCUT2D eigenvalue weighted by Gasteiger charge is 1.91. The molecule has 1 aromatic heterocycles. The lowest BCUT2D eigenvalue weighted by Crippen LogP contribution is -1.91. The molecule has 0 amide bonds. The van der Waals surface area contributed by atoms with E-state index in [1.807, 2.05) is 17.5 Å². The van der Waals surface area contributed by atoms with Crippen LogP contribution in [0.3, 0.4) is 0 Å². The second-order valence-electron chi connectivity index (χ2n) is 1.66. The summed E-state index contributed by atoms with van der Waals surface area (Å²) >= 11 is 4.83. The van der Waals surface area contributed by atoms with Gasteiger partial charge < -0.3 is 5.73 Å². The monoisotopic (exact) mass is 218 g/mol. The van der Waals surface area contributed by atoms with Crippen molar-refractivity contribution in [3.63, 3.8) is 0 Å². The first-order valence-corrected chi connectivity index (χ1v) is 4.48. The molecule has 10 heavy (non-hydrogen) atoms. The first kappa shape index (κ1) is 7.91. The lowest BCUT2D eigenvalue weighted by Gasteiger charge is -1.79. The van der Waals surface area contributed by atoms with Crippen LogP contribution >= 0.6 is 27.3 Å². The van der Waals surface area contributed by atoms with Crippen LogP contribution in [-0.2, 0) is 0 Å². The van der Waals surface area contributed by atoms with E-state index in [1.54, 1.807) is 11.3 Å². The van der Waals surface area contributed by atoms with Crippen molar-refractivity contribution >= 4 is 33.3 Å². The molecule has 2 nitrogen and oxygen atoms in total. The molecule has 0 atom stereocenters. The summed E-state index contributed by atoms with van der Waals surface area (Å²) in [6, 6.07) is 0. The molecule has 4 heteroatoms. The van der Waals surface area contributed by atoms with Gasteiger partial charge in [-0.05, 0) is 22.0 Å². The normalized spacial score (nSPS) is 11.0. The average Bonchev–Trinajstić information content (AvgIpc) is 2.31. The van der Waals surface area contributed by atoms with Gasteiger partial charge in [-0.15, -0.1) is 11.3 Å². The first-order chi connectivity index (χ1) is 4.83. The van der Waals surface area contributed by atoms with E-state index in [0.29, 0.717) is 6.54 Å². The zero-order valence-electron chi connectivity index (χ0n) is 5.25. The summed E-state index contributed by atoms with van der Waals surface area (Å²) in [6.45, 7) is 0.565. The standard InChI is InChI=1S/C6H7BrN2S/c7-6-9-5(4-10-6)2-1-3-8/h1-2,4H,3,8H2/b2-1+. The van der Waals surface area contributed by atoms with Gasteiger partial charge in [0.2, 0.25) is 0 Å². The highest BCUT2D eigenvalue weighted by atomic mass is 79.9. The first-order valence-electron chi connectivity index (χ1n) is 2.80. The third kappa shape index (κ3) is 2.21. The summed E-state index contributed by atoms with van der Waals surface area (Å²) in [7, 11) is 0. The molecule has 0 aliphatic heterocycles. The number of hydrogen-bond donors (Lipinski definition) is 1. The number of nitrogens with zero attached hydrogens (tertiary/aromatic N) is 1. The summed E-state index contributed by atoms with van der Waals surface area (Å²) < 4.78 is 0.907. The fourth-order valence-electron chi connectivity index (χ4n) is 0.529. The molecule has 0 fully saturated rings. The fourth-order valence-corrected chi connectivity index (χ4v) is 1.52. The Morgan fingerprint density at radius 2 is 2.60 bits per heavy atom. The van der Waals surface area contributed by atoms with Crippen molar-refractivity contribution in [3.8, 4) is 0 Å². The van der Waals surface area contributed by atoms with Gasteiger partial charge >= 0.3 is 0 Å². The van der Waals surface area contributed by atoms with Crippen LogP contribution in [0.25, 0.3) is 6.08 Å². The molecule has 1 aromatic rings. The van der Waals surface area contributed by atoms with E-state index < -0.39 is 0 Å². The van der Waals surface area contributed by atoms with Crippen LogP contribution in [0.15, 0.2) is 15.4 Å². The zero-order chi connectivity index (χ0) is 7.40. The molecule has 1 heterocycles. The Labute approximate surface area is 71.9 Å². The summed E-state index contributed by atoms with van der Waals surface area (Å²) in [5, 5.41) is 1.97. The number of nitrogens with two attached hydrogens (primary N) is 1. The van der Waals surface area contributed by atoms with Crippen molar-refractivity contribution in [3.05, 3.63) is 21.1 Å². The van der Waals surface area contributed by atoms with Crippen LogP contribution < -0.4 is 5.73 Å². The van der Waals surface area contributed by atoms with Crippen molar-refractivity contribution in [2.75, 3.05) is 6.54 Å². The van der Waals surface area contributed by atoms with E-state index in [0.717, 1.165) is 9.61 Å². The zero-order valence-corrected chi connectivity index (χ0v) is 7.65. The van der Waals surface area contributed by atoms with Gasteiger partial charge in [-0.25, -0.2) is 4.98 Å². The van der Waals surface area contributed by atoms with Crippen molar-refractivity contribution < 1.29 is 0 Å². The highest BCUT2D eigenvalue weighted by Crippen LogP contribution is 2.16. The van der Waals surface area contributed by atoms with Gasteiger partial charge in [-0.2, -0.15) is 0 Å². The predicted octanol–water partition coefficient (Wildman–Crippen LogP) is 1.88. The number of rotatable bonds is 2. The number of hydrogen-bond acceptors (Lipinski definition) is 3. The van der Waals surface area contributed by atoms with Gasteiger partial charge in [0, 0.05) is 11.9 Å². The third-order valence-corrected chi connectivity index (χ3v) is 2.30. The van der Waals surface area contributed by atoms with Crippen LogP contribution in [0.5, 0.6) is 0 Å². The molecule has 0 radical (unpaired) electrons. The molecular formula is C6H7BrN2S. The van der Waals surface area contributed by atoms with E-state index in [4.69, 9.17) is 5.73 Å². The Hall–Kier alpha value is -0.190. The Bertz CT molecular complexity index is 231. The lowest BCUT2D eigenvalue weighted by molar-refractivity contribution is 1.25. The molecule has 0 aromatic carbocycles. The average molecular weight is 219 g/mol. The summed E-state index contributed by atoms with van der Waals surface area (Å²) in [5.74, 6) is 0. The maximum absolute atomic E-state index is 5.26. The molecule has 54 valence electrons. The van der Waals surface area contributed by atoms with E-state index >= 15 is 0 Å². The molecule has 0 spiro atoms. The van der Waals surface area contributed by atoms with E-state index in [-0.39, 0.29) is 0 Å². The SMILES string of the molecule is NC/C=C/c1csc(Br)n1. The minimum atomic E-state index is 0.565. The molecule has 0 unspecified atom stereocenters. The largest absolute Gasteiger partial charge is 0.327 e. The van der Waals surface area contributed by atoms with Crippen LogP contribution in [0.2, 0.25) is 0 Å². The van der Waals surface area contributed by atoms with Crippen LogP contribution in [-0.4, -0.2) is 11.5 Å². The minimum absolute atomic E-state index is 0.565. The lowest BCUT2D eigenvalue weighted by atomic mass is 10.4. The molecule has 0 aliphatic carbocycles. The maximum atomic E-state index is 5.26. The van der Waals surface area contributed by atoms with Crippen molar-refractivity contribution in [1.82, 2.24) is 4.98 Å². The van der Waals surface area contributed by atoms with Gasteiger partial charge in [0.15, 0.2) is 3.92 Å². The number of aromatic nitrogens is 1. The fraction of sp³-hybridized carbons (Fsp3) is 0.167. The van der Waals surface area contributed by atoms with Crippen LogP contribution in [0.1, 0.15) is 5.69 Å². The quantitative estimate of drug-likeness (QED) is 0.824. The van der Waals surface area contributed by atoms with E-state index in [2.05, 4.69) is 20.9 Å². The van der Waals surface area contributed by atoms with Crippen molar-refractivity contribution in [2.45, 2.75) is 0 Å². The summed E-state index contributed by atoms with van der Waals surface area (Å²) in [4.78, 5) is 4.14.